The maximum atomic E-state index is 14.0. The molecule has 3 heterocycles. The van der Waals surface area contributed by atoms with E-state index in [1.54, 1.807) is 17.6 Å². The van der Waals surface area contributed by atoms with Gasteiger partial charge in [0.05, 0.1) is 5.51 Å². The molecule has 1 aliphatic rings. The van der Waals surface area contributed by atoms with Gasteiger partial charge in [0.25, 0.3) is 0 Å². The second-order valence-electron chi connectivity index (χ2n) is 6.88. The number of aliphatic carboxylic acids is 1. The number of carboxylic acid groups (broad SMARTS) is 1. The molecule has 2 aromatic heterocycles. The van der Waals surface area contributed by atoms with Crippen molar-refractivity contribution in [3.8, 4) is 0 Å². The van der Waals surface area contributed by atoms with Crippen molar-refractivity contribution in [3.63, 3.8) is 0 Å². The van der Waals surface area contributed by atoms with Crippen molar-refractivity contribution in [2.45, 2.75) is 31.3 Å². The second kappa shape index (κ2) is 7.77. The van der Waals surface area contributed by atoms with Gasteiger partial charge in [0, 0.05) is 34.4 Å². The number of rotatable bonds is 5. The van der Waals surface area contributed by atoms with E-state index in [-0.39, 0.29) is 23.0 Å². The number of aliphatic imine (C=N–C) groups is 1. The molecule has 0 saturated heterocycles. The molecule has 0 amide bonds. The highest BCUT2D eigenvalue weighted by Gasteiger charge is 2.28. The van der Waals surface area contributed by atoms with Crippen molar-refractivity contribution in [3.05, 3.63) is 57.8 Å². The number of thiazole rings is 1. The monoisotopic (exact) mass is 447 g/mol. The van der Waals surface area contributed by atoms with Crippen LogP contribution in [0.4, 0.5) is 4.39 Å². The van der Waals surface area contributed by atoms with Crippen molar-refractivity contribution < 1.29 is 22.7 Å². The molecule has 0 unspecified atom stereocenters. The quantitative estimate of drug-likeness (QED) is 0.646. The summed E-state index contributed by atoms with van der Waals surface area (Å²) in [6, 6.07) is 4.16. The molecule has 1 N–H and O–H groups in total. The van der Waals surface area contributed by atoms with Crippen LogP contribution < -0.4 is 0 Å². The third-order valence-corrected chi connectivity index (χ3v) is 7.64. The molecule has 7 nitrogen and oxygen atoms in total. The molecule has 30 heavy (non-hydrogen) atoms. The van der Waals surface area contributed by atoms with E-state index in [1.165, 1.54) is 41.1 Å². The Morgan fingerprint density at radius 2 is 2.17 bits per heavy atom. The average molecular weight is 448 g/mol. The number of hydrogen-bond donors (Lipinski definition) is 1. The average Bonchev–Trinajstić information content (AvgIpc) is 3.28. The SMILES string of the molecule is Cc1c(Cc2scnc2S(=O)(=O)C2=NCCC=C2)c2cc(F)ccc2n1CC(=O)O. The fourth-order valence-electron chi connectivity index (χ4n) is 3.60. The minimum absolute atomic E-state index is 0.0167. The first-order valence-electron chi connectivity index (χ1n) is 9.16. The van der Waals surface area contributed by atoms with Crippen LogP contribution in [0.15, 0.2) is 45.9 Å². The summed E-state index contributed by atoms with van der Waals surface area (Å²) >= 11 is 1.19. The standard InChI is InChI=1S/C20H18FN3O4S2/c1-12-14(15-8-13(21)5-6-16(15)24(12)10-19(25)26)9-17-20(23-11-29-17)30(27,28)18-4-2-3-7-22-18/h2,4-6,8,11H,3,7,9-10H2,1H3,(H,25,26). The van der Waals surface area contributed by atoms with E-state index in [0.717, 1.165) is 0 Å². The summed E-state index contributed by atoms with van der Waals surface area (Å²) in [5.74, 6) is -1.47. The van der Waals surface area contributed by atoms with Crippen LogP contribution in [0, 0.1) is 12.7 Å². The van der Waals surface area contributed by atoms with Crippen LogP contribution in [0.5, 0.6) is 0 Å². The van der Waals surface area contributed by atoms with Crippen molar-refractivity contribution in [1.82, 2.24) is 9.55 Å². The fraction of sp³-hybridized carbons (Fsp3) is 0.250. The zero-order valence-corrected chi connectivity index (χ0v) is 17.6. The first-order chi connectivity index (χ1) is 14.3. The molecular formula is C20H18FN3O4S2. The molecular weight excluding hydrogens is 429 g/mol. The summed E-state index contributed by atoms with van der Waals surface area (Å²) < 4.78 is 41.6. The highest BCUT2D eigenvalue weighted by Crippen LogP contribution is 2.32. The van der Waals surface area contributed by atoms with E-state index < -0.39 is 21.6 Å². The molecule has 3 aromatic rings. The van der Waals surface area contributed by atoms with E-state index in [2.05, 4.69) is 9.98 Å². The van der Waals surface area contributed by atoms with Crippen molar-refractivity contribution in [1.29, 1.82) is 0 Å². The summed E-state index contributed by atoms with van der Waals surface area (Å²) in [5.41, 5.74) is 3.36. The van der Waals surface area contributed by atoms with E-state index in [4.69, 9.17) is 0 Å². The number of benzene rings is 1. The lowest BCUT2D eigenvalue weighted by molar-refractivity contribution is -0.137. The van der Waals surface area contributed by atoms with Gasteiger partial charge in [-0.05, 0) is 43.2 Å². The summed E-state index contributed by atoms with van der Waals surface area (Å²) in [4.78, 5) is 20.0. The number of hydrogen-bond acceptors (Lipinski definition) is 6. The van der Waals surface area contributed by atoms with Gasteiger partial charge in [0.15, 0.2) is 10.1 Å². The van der Waals surface area contributed by atoms with Gasteiger partial charge in [-0.1, -0.05) is 6.08 Å². The Morgan fingerprint density at radius 3 is 2.87 bits per heavy atom. The van der Waals surface area contributed by atoms with Crippen LogP contribution in [-0.4, -0.2) is 40.6 Å². The van der Waals surface area contributed by atoms with E-state index >= 15 is 0 Å². The number of aromatic nitrogens is 2. The van der Waals surface area contributed by atoms with E-state index in [0.29, 0.717) is 40.0 Å². The fourth-order valence-corrected chi connectivity index (χ4v) is 6.11. The number of carbonyl (C=O) groups is 1. The number of carboxylic acids is 1. The molecule has 0 bridgehead atoms. The first kappa shape index (κ1) is 20.4. The van der Waals surface area contributed by atoms with E-state index in [9.17, 15) is 22.7 Å². The third-order valence-electron chi connectivity index (χ3n) is 5.00. The molecule has 156 valence electrons. The van der Waals surface area contributed by atoms with Crippen LogP contribution in [0.25, 0.3) is 10.9 Å². The summed E-state index contributed by atoms with van der Waals surface area (Å²) in [7, 11) is -3.87. The molecule has 0 fully saturated rings. The first-order valence-corrected chi connectivity index (χ1v) is 11.5. The number of halogens is 1. The molecule has 0 radical (unpaired) electrons. The Balaban J connectivity index is 1.82. The van der Waals surface area contributed by atoms with E-state index in [1.807, 2.05) is 0 Å². The highest BCUT2D eigenvalue weighted by molar-refractivity contribution is 8.06. The Kier molecular flexibility index (Phi) is 5.29. The van der Waals surface area contributed by atoms with Crippen LogP contribution in [0.1, 0.15) is 22.6 Å². The molecule has 0 aliphatic carbocycles. The van der Waals surface area contributed by atoms with Crippen LogP contribution in [0.3, 0.4) is 0 Å². The predicted molar refractivity (Wildman–Crippen MR) is 112 cm³/mol. The summed E-state index contributed by atoms with van der Waals surface area (Å²) in [6.07, 6.45) is 4.13. The van der Waals surface area contributed by atoms with Gasteiger partial charge >= 0.3 is 5.97 Å². The van der Waals surface area contributed by atoms with Crippen LogP contribution in [0.2, 0.25) is 0 Å². The number of dihydropyridines is 1. The summed E-state index contributed by atoms with van der Waals surface area (Å²) in [6.45, 7) is 1.88. The Hall–Kier alpha value is -2.85. The van der Waals surface area contributed by atoms with Gasteiger partial charge < -0.3 is 9.67 Å². The number of fused-ring (bicyclic) bond motifs is 1. The molecule has 1 aliphatic heterocycles. The molecule has 1 aromatic carbocycles. The normalized spacial score (nSPS) is 14.3. The lowest BCUT2D eigenvalue weighted by Crippen LogP contribution is -2.17. The second-order valence-corrected chi connectivity index (χ2v) is 9.63. The molecule has 4 rings (SSSR count). The zero-order valence-electron chi connectivity index (χ0n) is 16.0. The predicted octanol–water partition coefficient (Wildman–Crippen LogP) is 3.35. The van der Waals surface area contributed by atoms with Gasteiger partial charge in [0.2, 0.25) is 9.84 Å². The lowest BCUT2D eigenvalue weighted by Gasteiger charge is -2.08. The van der Waals surface area contributed by atoms with Gasteiger partial charge in [-0.15, -0.1) is 11.3 Å². The Bertz CT molecular complexity index is 1320. The Labute approximate surface area is 176 Å². The van der Waals surface area contributed by atoms with Gasteiger partial charge in [-0.2, -0.15) is 0 Å². The maximum absolute atomic E-state index is 14.0. The maximum Gasteiger partial charge on any atom is 0.323 e. The van der Waals surface area contributed by atoms with Gasteiger partial charge in [-0.3, -0.25) is 9.79 Å². The van der Waals surface area contributed by atoms with Crippen LogP contribution >= 0.6 is 11.3 Å². The largest absolute Gasteiger partial charge is 0.480 e. The smallest absolute Gasteiger partial charge is 0.323 e. The van der Waals surface area contributed by atoms with Gasteiger partial charge in [-0.25, -0.2) is 17.8 Å². The number of sulfone groups is 1. The van der Waals surface area contributed by atoms with Crippen molar-refractivity contribution in [2.24, 2.45) is 4.99 Å². The lowest BCUT2D eigenvalue weighted by atomic mass is 10.1. The minimum atomic E-state index is -3.87. The van der Waals surface area contributed by atoms with Crippen molar-refractivity contribution in [2.75, 3.05) is 6.54 Å². The molecule has 0 atom stereocenters. The zero-order chi connectivity index (χ0) is 21.5. The molecule has 0 spiro atoms. The topological polar surface area (TPSA) is 102 Å². The van der Waals surface area contributed by atoms with Gasteiger partial charge in [0.1, 0.15) is 12.4 Å². The number of nitrogens with zero attached hydrogens (tertiary/aromatic N) is 3. The van der Waals surface area contributed by atoms with Crippen LogP contribution in [-0.2, 0) is 27.6 Å². The molecule has 10 heteroatoms. The van der Waals surface area contributed by atoms with Crippen molar-refractivity contribution >= 4 is 43.1 Å². The third kappa shape index (κ3) is 3.56. The summed E-state index contributed by atoms with van der Waals surface area (Å²) in [5, 5.41) is 9.74. The molecule has 0 saturated carbocycles. The highest BCUT2D eigenvalue weighted by atomic mass is 32.2. The Morgan fingerprint density at radius 1 is 1.37 bits per heavy atom. The minimum Gasteiger partial charge on any atom is -0.480 e.